The second-order valence-corrected chi connectivity index (χ2v) is 7.14. The van der Waals surface area contributed by atoms with Crippen LogP contribution in [0, 0.1) is 0 Å². The number of halogens is 1. The number of nitrogens with one attached hydrogen (secondary N) is 2. The maximum absolute atomic E-state index is 12.7. The van der Waals surface area contributed by atoms with Crippen molar-refractivity contribution in [2.45, 2.75) is 38.6 Å². The highest BCUT2D eigenvalue weighted by molar-refractivity contribution is 5.98. The van der Waals surface area contributed by atoms with Crippen LogP contribution in [0.3, 0.4) is 0 Å². The molecular formula is C22H30ClN3O2. The summed E-state index contributed by atoms with van der Waals surface area (Å²) in [7, 11) is 0. The Morgan fingerprint density at radius 2 is 1.82 bits per heavy atom. The van der Waals surface area contributed by atoms with Crippen LogP contribution in [0.5, 0.6) is 0 Å². The Morgan fingerprint density at radius 1 is 1.11 bits per heavy atom. The average Bonchev–Trinajstić information content (AvgIpc) is 2.72. The SMILES string of the molecule is CCCN(C(=O)CCNC(=O)c1ccc2ccccc2c1)C1CCNCC1.Cl. The Morgan fingerprint density at radius 3 is 2.54 bits per heavy atom. The van der Waals surface area contributed by atoms with Gasteiger partial charge in [-0.25, -0.2) is 0 Å². The zero-order chi connectivity index (χ0) is 19.1. The molecule has 3 rings (SSSR count). The van der Waals surface area contributed by atoms with Gasteiger partial charge in [-0.3, -0.25) is 9.59 Å². The van der Waals surface area contributed by atoms with E-state index in [9.17, 15) is 9.59 Å². The van der Waals surface area contributed by atoms with Gasteiger partial charge in [-0.2, -0.15) is 0 Å². The van der Waals surface area contributed by atoms with Crippen LogP contribution in [0.15, 0.2) is 42.5 Å². The summed E-state index contributed by atoms with van der Waals surface area (Å²) in [6.07, 6.45) is 3.33. The van der Waals surface area contributed by atoms with Crippen molar-refractivity contribution < 1.29 is 9.59 Å². The minimum atomic E-state index is -0.127. The second-order valence-electron chi connectivity index (χ2n) is 7.14. The Labute approximate surface area is 173 Å². The summed E-state index contributed by atoms with van der Waals surface area (Å²) in [6, 6.07) is 14.0. The van der Waals surface area contributed by atoms with Crippen molar-refractivity contribution in [2.75, 3.05) is 26.2 Å². The fourth-order valence-electron chi connectivity index (χ4n) is 3.73. The van der Waals surface area contributed by atoms with E-state index in [1.165, 1.54) is 0 Å². The number of hydrogen-bond donors (Lipinski definition) is 2. The van der Waals surface area contributed by atoms with Gasteiger partial charge in [0.15, 0.2) is 0 Å². The summed E-state index contributed by atoms with van der Waals surface area (Å²) in [5.74, 6) is 0.0139. The molecule has 2 amide bonds. The zero-order valence-electron chi connectivity index (χ0n) is 16.4. The van der Waals surface area contributed by atoms with Crippen molar-refractivity contribution in [3.63, 3.8) is 0 Å². The number of nitrogens with zero attached hydrogens (tertiary/aromatic N) is 1. The minimum Gasteiger partial charge on any atom is -0.352 e. The number of rotatable bonds is 7. The predicted molar refractivity (Wildman–Crippen MR) is 116 cm³/mol. The van der Waals surface area contributed by atoms with E-state index < -0.39 is 0 Å². The molecule has 0 bridgehead atoms. The van der Waals surface area contributed by atoms with Crippen LogP contribution in [0.4, 0.5) is 0 Å². The van der Waals surface area contributed by atoms with Gasteiger partial charge < -0.3 is 15.5 Å². The predicted octanol–water partition coefficient (Wildman–Crippen LogP) is 3.37. The first-order chi connectivity index (χ1) is 13.2. The Balaban J connectivity index is 0.00000280. The Bertz CT molecular complexity index is 790. The zero-order valence-corrected chi connectivity index (χ0v) is 17.3. The molecule has 1 fully saturated rings. The third-order valence-electron chi connectivity index (χ3n) is 5.17. The first kappa shape index (κ1) is 22.2. The lowest BCUT2D eigenvalue weighted by Gasteiger charge is -2.34. The third-order valence-corrected chi connectivity index (χ3v) is 5.17. The van der Waals surface area contributed by atoms with Gasteiger partial charge in [0.1, 0.15) is 0 Å². The summed E-state index contributed by atoms with van der Waals surface area (Å²) in [6.45, 7) is 5.20. The van der Waals surface area contributed by atoms with E-state index in [1.54, 1.807) is 0 Å². The summed E-state index contributed by atoms with van der Waals surface area (Å²) < 4.78 is 0. The van der Waals surface area contributed by atoms with E-state index >= 15 is 0 Å². The molecule has 0 spiro atoms. The molecular weight excluding hydrogens is 374 g/mol. The first-order valence-electron chi connectivity index (χ1n) is 9.96. The van der Waals surface area contributed by atoms with Crippen LogP contribution in [-0.2, 0) is 4.79 Å². The highest BCUT2D eigenvalue weighted by Crippen LogP contribution is 2.16. The highest BCUT2D eigenvalue weighted by atomic mass is 35.5. The summed E-state index contributed by atoms with van der Waals surface area (Å²) >= 11 is 0. The minimum absolute atomic E-state index is 0. The molecule has 2 aromatic rings. The fourth-order valence-corrected chi connectivity index (χ4v) is 3.73. The molecule has 0 unspecified atom stereocenters. The quantitative estimate of drug-likeness (QED) is 0.745. The lowest BCUT2D eigenvalue weighted by atomic mass is 10.0. The molecule has 1 saturated heterocycles. The van der Waals surface area contributed by atoms with Crippen molar-refractivity contribution in [2.24, 2.45) is 0 Å². The molecule has 0 aliphatic carbocycles. The van der Waals surface area contributed by atoms with E-state index in [4.69, 9.17) is 0 Å². The second kappa shape index (κ2) is 11.0. The number of benzene rings is 2. The van der Waals surface area contributed by atoms with Gasteiger partial charge in [0, 0.05) is 31.1 Å². The van der Waals surface area contributed by atoms with E-state index in [1.807, 2.05) is 47.4 Å². The van der Waals surface area contributed by atoms with Gasteiger partial charge >= 0.3 is 0 Å². The maximum atomic E-state index is 12.7. The molecule has 152 valence electrons. The number of hydrogen-bond acceptors (Lipinski definition) is 3. The molecule has 0 saturated carbocycles. The molecule has 0 atom stereocenters. The number of fused-ring (bicyclic) bond motifs is 1. The van der Waals surface area contributed by atoms with Crippen molar-refractivity contribution in [3.8, 4) is 0 Å². The van der Waals surface area contributed by atoms with Crippen molar-refractivity contribution in [3.05, 3.63) is 48.0 Å². The number of carbonyl (C=O) groups is 2. The number of piperidine rings is 1. The molecule has 2 aromatic carbocycles. The lowest BCUT2D eigenvalue weighted by Crippen LogP contribution is -2.47. The van der Waals surface area contributed by atoms with Crippen LogP contribution in [-0.4, -0.2) is 48.9 Å². The molecule has 0 radical (unpaired) electrons. The molecule has 1 aliphatic rings. The smallest absolute Gasteiger partial charge is 0.251 e. The molecule has 28 heavy (non-hydrogen) atoms. The Hall–Kier alpha value is -2.11. The van der Waals surface area contributed by atoms with Crippen LogP contribution >= 0.6 is 12.4 Å². The van der Waals surface area contributed by atoms with E-state index in [0.29, 0.717) is 24.6 Å². The summed E-state index contributed by atoms with van der Waals surface area (Å²) in [4.78, 5) is 27.1. The van der Waals surface area contributed by atoms with Gasteiger partial charge in [-0.05, 0) is 55.3 Å². The number of carbonyl (C=O) groups excluding carboxylic acids is 2. The maximum Gasteiger partial charge on any atom is 0.251 e. The standard InChI is InChI=1S/C22H29N3O2.ClH/c1-2-15-25(20-9-12-23-13-10-20)21(26)11-14-24-22(27)19-8-7-17-5-3-4-6-18(17)16-19;/h3-8,16,20,23H,2,9-15H2,1H3,(H,24,27);1H. The molecule has 2 N–H and O–H groups in total. The highest BCUT2D eigenvalue weighted by Gasteiger charge is 2.24. The summed E-state index contributed by atoms with van der Waals surface area (Å²) in [5.41, 5.74) is 0.630. The molecule has 1 heterocycles. The van der Waals surface area contributed by atoms with Crippen LogP contribution < -0.4 is 10.6 Å². The Kier molecular flexibility index (Phi) is 8.74. The van der Waals surface area contributed by atoms with E-state index in [-0.39, 0.29) is 24.2 Å². The molecule has 6 heteroatoms. The topological polar surface area (TPSA) is 61.4 Å². The van der Waals surface area contributed by atoms with Crippen LogP contribution in [0.2, 0.25) is 0 Å². The average molecular weight is 404 g/mol. The fraction of sp³-hybridized carbons (Fsp3) is 0.455. The van der Waals surface area contributed by atoms with Gasteiger partial charge in [0.05, 0.1) is 0 Å². The largest absolute Gasteiger partial charge is 0.352 e. The van der Waals surface area contributed by atoms with Gasteiger partial charge in [0.2, 0.25) is 5.91 Å². The third kappa shape index (κ3) is 5.69. The monoisotopic (exact) mass is 403 g/mol. The normalized spacial score (nSPS) is 14.3. The van der Waals surface area contributed by atoms with Crippen LogP contribution in [0.1, 0.15) is 43.0 Å². The lowest BCUT2D eigenvalue weighted by molar-refractivity contribution is -0.134. The van der Waals surface area contributed by atoms with Crippen LogP contribution in [0.25, 0.3) is 10.8 Å². The van der Waals surface area contributed by atoms with Gasteiger partial charge in [-0.15, -0.1) is 12.4 Å². The first-order valence-corrected chi connectivity index (χ1v) is 9.96. The number of amides is 2. The van der Waals surface area contributed by atoms with E-state index in [0.717, 1.165) is 49.7 Å². The molecule has 0 aromatic heterocycles. The van der Waals surface area contributed by atoms with Crippen molar-refractivity contribution >= 4 is 35.0 Å². The molecule has 5 nitrogen and oxygen atoms in total. The van der Waals surface area contributed by atoms with Crippen molar-refractivity contribution in [1.82, 2.24) is 15.5 Å². The van der Waals surface area contributed by atoms with E-state index in [2.05, 4.69) is 17.6 Å². The summed E-state index contributed by atoms with van der Waals surface area (Å²) in [5, 5.41) is 8.40. The molecule has 1 aliphatic heterocycles. The van der Waals surface area contributed by atoms with Gasteiger partial charge in [0.25, 0.3) is 5.91 Å². The van der Waals surface area contributed by atoms with Gasteiger partial charge in [-0.1, -0.05) is 37.3 Å². The van der Waals surface area contributed by atoms with Crippen molar-refractivity contribution in [1.29, 1.82) is 0 Å².